The van der Waals surface area contributed by atoms with E-state index in [1.54, 1.807) is 11.8 Å². The lowest BCUT2D eigenvalue weighted by Crippen LogP contribution is -2.21. The van der Waals surface area contributed by atoms with Crippen LogP contribution < -0.4 is 5.32 Å². The molecular weight excluding hydrogens is 222 g/mol. The molecule has 1 rings (SSSR count). The first-order chi connectivity index (χ1) is 7.33. The predicted molar refractivity (Wildman–Crippen MR) is 73.4 cm³/mol. The van der Waals surface area contributed by atoms with Crippen LogP contribution in [-0.4, -0.2) is 16.6 Å². The summed E-state index contributed by atoms with van der Waals surface area (Å²) in [6.07, 6.45) is 2.87. The molecule has 80 valence electrons. The summed E-state index contributed by atoms with van der Waals surface area (Å²) in [6, 6.07) is 10.4. The second-order valence-electron chi connectivity index (χ2n) is 3.05. The molecule has 0 aliphatic carbocycles. The molecule has 0 amide bonds. The van der Waals surface area contributed by atoms with Crippen LogP contribution >= 0.6 is 24.0 Å². The fourth-order valence-electron chi connectivity index (χ4n) is 1.14. The first-order valence-corrected chi connectivity index (χ1v) is 6.28. The lowest BCUT2D eigenvalue weighted by Gasteiger charge is -2.05. The van der Waals surface area contributed by atoms with Gasteiger partial charge in [0.25, 0.3) is 0 Å². The van der Waals surface area contributed by atoms with Gasteiger partial charge < -0.3 is 5.32 Å². The number of rotatable bonds is 5. The van der Waals surface area contributed by atoms with Crippen LogP contribution in [0.25, 0.3) is 0 Å². The number of hydrogen-bond donors (Lipinski definition) is 1. The Morgan fingerprint density at radius 3 is 2.80 bits per heavy atom. The Kier molecular flexibility index (Phi) is 6.12. The average molecular weight is 237 g/mol. The Hall–Kier alpha value is -0.800. The molecular formula is C12H15NS2. The van der Waals surface area contributed by atoms with Crippen molar-refractivity contribution < 1.29 is 0 Å². The smallest absolute Gasteiger partial charge is 0.134 e. The molecule has 0 aliphatic rings. The van der Waals surface area contributed by atoms with E-state index in [4.69, 9.17) is 12.2 Å². The third kappa shape index (κ3) is 5.60. The molecule has 0 heterocycles. The third-order valence-corrected chi connectivity index (χ3v) is 3.16. The largest absolute Gasteiger partial charge is 0.371 e. The molecule has 1 aromatic carbocycles. The topological polar surface area (TPSA) is 12.0 Å². The predicted octanol–water partition coefficient (Wildman–Crippen LogP) is 3.02. The fraction of sp³-hybridized carbons (Fsp3) is 0.250. The standard InChI is InChI=1S/C12H15NS2/c1-2-10-15-12(14)13-9-8-11-6-4-3-5-7-11/h2-7H,1,8-10H2,(H,13,14). The van der Waals surface area contributed by atoms with Crippen LogP contribution in [0.15, 0.2) is 43.0 Å². The molecule has 0 atom stereocenters. The molecule has 0 fully saturated rings. The molecule has 3 heteroatoms. The number of thioether (sulfide) groups is 1. The van der Waals surface area contributed by atoms with Crippen molar-refractivity contribution in [2.24, 2.45) is 0 Å². The van der Waals surface area contributed by atoms with Crippen molar-refractivity contribution in [1.82, 2.24) is 5.32 Å². The Bertz CT molecular complexity index is 309. The molecule has 15 heavy (non-hydrogen) atoms. The Balaban J connectivity index is 2.16. The minimum absolute atomic E-state index is 0.853. The summed E-state index contributed by atoms with van der Waals surface area (Å²) in [5.74, 6) is 0.872. The molecule has 0 bridgehead atoms. The van der Waals surface area contributed by atoms with Gasteiger partial charge in [0, 0.05) is 12.3 Å². The Morgan fingerprint density at radius 2 is 2.13 bits per heavy atom. The summed E-state index contributed by atoms with van der Waals surface area (Å²) >= 11 is 6.75. The number of hydrogen-bond acceptors (Lipinski definition) is 2. The zero-order valence-electron chi connectivity index (χ0n) is 8.61. The quantitative estimate of drug-likeness (QED) is 0.624. The summed E-state index contributed by atoms with van der Waals surface area (Å²) in [5, 5.41) is 3.21. The first-order valence-electron chi connectivity index (χ1n) is 4.88. The van der Waals surface area contributed by atoms with Gasteiger partial charge in [0.15, 0.2) is 0 Å². The summed E-state index contributed by atoms with van der Waals surface area (Å²) in [7, 11) is 0. The monoisotopic (exact) mass is 237 g/mol. The summed E-state index contributed by atoms with van der Waals surface area (Å²) < 4.78 is 0.853. The van der Waals surface area contributed by atoms with Crippen molar-refractivity contribution in [3.05, 3.63) is 48.6 Å². The van der Waals surface area contributed by atoms with Gasteiger partial charge in [-0.2, -0.15) is 0 Å². The zero-order chi connectivity index (χ0) is 10.9. The lowest BCUT2D eigenvalue weighted by molar-refractivity contribution is 0.883. The third-order valence-electron chi connectivity index (χ3n) is 1.86. The SMILES string of the molecule is C=CCSC(=S)NCCc1ccccc1. The molecule has 0 saturated heterocycles. The maximum atomic E-state index is 5.14. The van der Waals surface area contributed by atoms with E-state index in [9.17, 15) is 0 Å². The van der Waals surface area contributed by atoms with E-state index in [1.807, 2.05) is 12.1 Å². The van der Waals surface area contributed by atoms with Gasteiger partial charge in [-0.15, -0.1) is 6.58 Å². The van der Waals surface area contributed by atoms with Crippen molar-refractivity contribution in [3.63, 3.8) is 0 Å². The van der Waals surface area contributed by atoms with E-state index in [0.29, 0.717) is 0 Å². The van der Waals surface area contributed by atoms with Gasteiger partial charge in [0.2, 0.25) is 0 Å². The highest BCUT2D eigenvalue weighted by atomic mass is 32.2. The van der Waals surface area contributed by atoms with Crippen molar-refractivity contribution in [2.45, 2.75) is 6.42 Å². The van der Waals surface area contributed by atoms with Crippen molar-refractivity contribution >= 4 is 28.3 Å². The van der Waals surface area contributed by atoms with E-state index < -0.39 is 0 Å². The van der Waals surface area contributed by atoms with Gasteiger partial charge in [-0.25, -0.2) is 0 Å². The molecule has 1 aromatic rings. The minimum Gasteiger partial charge on any atom is -0.371 e. The maximum Gasteiger partial charge on any atom is 0.134 e. The zero-order valence-corrected chi connectivity index (χ0v) is 10.2. The second-order valence-corrected chi connectivity index (χ2v) is 4.75. The van der Waals surface area contributed by atoms with Crippen LogP contribution in [0, 0.1) is 0 Å². The van der Waals surface area contributed by atoms with Gasteiger partial charge in [-0.3, -0.25) is 0 Å². The van der Waals surface area contributed by atoms with Gasteiger partial charge in [0.05, 0.1) is 0 Å². The van der Waals surface area contributed by atoms with Gasteiger partial charge in [-0.1, -0.05) is 60.4 Å². The van der Waals surface area contributed by atoms with E-state index in [0.717, 1.165) is 23.0 Å². The van der Waals surface area contributed by atoms with Crippen LogP contribution in [0.4, 0.5) is 0 Å². The molecule has 0 unspecified atom stereocenters. The van der Waals surface area contributed by atoms with Crippen LogP contribution in [0.2, 0.25) is 0 Å². The summed E-state index contributed by atoms with van der Waals surface area (Å²) in [6.45, 7) is 4.55. The van der Waals surface area contributed by atoms with Crippen molar-refractivity contribution in [2.75, 3.05) is 12.3 Å². The minimum atomic E-state index is 0.853. The molecule has 0 radical (unpaired) electrons. The van der Waals surface area contributed by atoms with Crippen LogP contribution in [0.3, 0.4) is 0 Å². The van der Waals surface area contributed by atoms with Gasteiger partial charge >= 0.3 is 0 Å². The Labute approximate surface area is 101 Å². The normalized spacial score (nSPS) is 9.60. The number of nitrogens with one attached hydrogen (secondary N) is 1. The molecule has 1 nitrogen and oxygen atoms in total. The molecule has 0 spiro atoms. The molecule has 0 saturated carbocycles. The van der Waals surface area contributed by atoms with Crippen LogP contribution in [-0.2, 0) is 6.42 Å². The van der Waals surface area contributed by atoms with Gasteiger partial charge in [-0.05, 0) is 12.0 Å². The first kappa shape index (κ1) is 12.3. The van der Waals surface area contributed by atoms with Crippen LogP contribution in [0.1, 0.15) is 5.56 Å². The van der Waals surface area contributed by atoms with Crippen molar-refractivity contribution in [1.29, 1.82) is 0 Å². The number of benzene rings is 1. The summed E-state index contributed by atoms with van der Waals surface area (Å²) in [4.78, 5) is 0. The highest BCUT2D eigenvalue weighted by Crippen LogP contribution is 2.02. The Morgan fingerprint density at radius 1 is 1.40 bits per heavy atom. The molecule has 0 aromatic heterocycles. The van der Waals surface area contributed by atoms with E-state index in [1.165, 1.54) is 5.56 Å². The molecule has 1 N–H and O–H groups in total. The average Bonchev–Trinajstić information content (AvgIpc) is 2.28. The van der Waals surface area contributed by atoms with E-state index in [2.05, 4.69) is 36.2 Å². The van der Waals surface area contributed by atoms with Crippen molar-refractivity contribution in [3.8, 4) is 0 Å². The highest BCUT2D eigenvalue weighted by Gasteiger charge is 1.95. The van der Waals surface area contributed by atoms with E-state index in [-0.39, 0.29) is 0 Å². The number of thiocarbonyl (C=S) groups is 1. The summed E-state index contributed by atoms with van der Waals surface area (Å²) in [5.41, 5.74) is 1.33. The maximum absolute atomic E-state index is 5.14. The van der Waals surface area contributed by atoms with Gasteiger partial charge in [0.1, 0.15) is 4.32 Å². The highest BCUT2D eigenvalue weighted by molar-refractivity contribution is 8.23. The lowest BCUT2D eigenvalue weighted by atomic mass is 10.2. The molecule has 0 aliphatic heterocycles. The fourth-order valence-corrected chi connectivity index (χ4v) is 1.92. The second kappa shape index (κ2) is 7.49. The van der Waals surface area contributed by atoms with Crippen LogP contribution in [0.5, 0.6) is 0 Å². The van der Waals surface area contributed by atoms with E-state index >= 15 is 0 Å².